The number of halogens is 3. The number of benzene rings is 1. The molecule has 0 aliphatic carbocycles. The fourth-order valence-corrected chi connectivity index (χ4v) is 7.51. The molecule has 1 aliphatic rings. The van der Waals surface area contributed by atoms with Crippen molar-refractivity contribution in [2.24, 2.45) is 5.73 Å². The van der Waals surface area contributed by atoms with Gasteiger partial charge in [0.2, 0.25) is 9.84 Å². The maximum atomic E-state index is 13.4. The summed E-state index contributed by atoms with van der Waals surface area (Å²) in [6, 6.07) is 7.13. The van der Waals surface area contributed by atoms with Crippen molar-refractivity contribution in [3.63, 3.8) is 0 Å². The van der Waals surface area contributed by atoms with Crippen LogP contribution in [0.15, 0.2) is 44.3 Å². The van der Waals surface area contributed by atoms with E-state index in [1.54, 1.807) is 25.4 Å². The van der Waals surface area contributed by atoms with Crippen LogP contribution in [0.5, 0.6) is 0 Å². The van der Waals surface area contributed by atoms with Crippen LogP contribution in [0, 0.1) is 5.41 Å². The number of sulfone groups is 1. The summed E-state index contributed by atoms with van der Waals surface area (Å²) < 4.78 is 69.6. The minimum Gasteiger partial charge on any atom is -0.456 e. The highest BCUT2D eigenvalue weighted by molar-refractivity contribution is 8.01. The van der Waals surface area contributed by atoms with Gasteiger partial charge in [-0.05, 0) is 43.5 Å². The van der Waals surface area contributed by atoms with Crippen LogP contribution in [-0.4, -0.2) is 57.3 Å². The van der Waals surface area contributed by atoms with Gasteiger partial charge in [0.15, 0.2) is 0 Å². The average molecular weight is 522 g/mol. The highest BCUT2D eigenvalue weighted by Gasteiger charge is 2.43. The van der Waals surface area contributed by atoms with Crippen LogP contribution < -0.4 is 5.73 Å². The molecule has 2 atom stereocenters. The number of nitrogen functional groups attached to an aromatic ring is 1. The maximum Gasteiger partial charge on any atom is 0.490 e. The number of likely N-dealkylation sites (tertiary alicyclic amines) is 1. The van der Waals surface area contributed by atoms with E-state index in [0.29, 0.717) is 21.2 Å². The number of alkyl halides is 3. The molecule has 180 valence electrons. The Labute approximate surface area is 197 Å². The Kier molecular flexibility index (Phi) is 7.46. The monoisotopic (exact) mass is 521 g/mol. The van der Waals surface area contributed by atoms with Crippen molar-refractivity contribution < 1.29 is 31.1 Å². The number of ether oxygens (including phenoxy) is 1. The van der Waals surface area contributed by atoms with Crippen LogP contribution in [0.3, 0.4) is 0 Å². The van der Waals surface area contributed by atoms with E-state index in [9.17, 15) is 26.4 Å². The van der Waals surface area contributed by atoms with Gasteiger partial charge in [0.25, 0.3) is 0 Å². The van der Waals surface area contributed by atoms with Gasteiger partial charge in [0.1, 0.15) is 11.9 Å². The summed E-state index contributed by atoms with van der Waals surface area (Å²) in [4.78, 5) is 13.5. The van der Waals surface area contributed by atoms with Crippen LogP contribution >= 0.6 is 23.1 Å². The van der Waals surface area contributed by atoms with Crippen LogP contribution in [0.4, 0.5) is 13.2 Å². The first-order chi connectivity index (χ1) is 15.3. The molecule has 7 nitrogen and oxygen atoms in total. The Morgan fingerprint density at radius 2 is 2.03 bits per heavy atom. The number of rotatable bonds is 6. The number of hydrogen-bond donors (Lipinski definition) is 2. The van der Waals surface area contributed by atoms with E-state index in [2.05, 4.69) is 4.74 Å². The van der Waals surface area contributed by atoms with Gasteiger partial charge in [-0.25, -0.2) is 13.2 Å². The van der Waals surface area contributed by atoms with E-state index in [-0.39, 0.29) is 28.5 Å². The molecule has 0 bridgehead atoms. The predicted octanol–water partition coefficient (Wildman–Crippen LogP) is 3.83. The number of nitrogens with two attached hydrogens (primary N) is 1. The molecule has 13 heteroatoms. The molecule has 3 rings (SSSR count). The lowest BCUT2D eigenvalue weighted by molar-refractivity contribution is -0.207. The van der Waals surface area contributed by atoms with Crippen LogP contribution in [0.25, 0.3) is 0 Å². The lowest BCUT2D eigenvalue weighted by Gasteiger charge is -2.37. The number of thiophene rings is 1. The van der Waals surface area contributed by atoms with Crippen molar-refractivity contribution in [1.82, 2.24) is 4.90 Å². The lowest BCUT2D eigenvalue weighted by Crippen LogP contribution is -2.40. The molecule has 2 aromatic rings. The second kappa shape index (κ2) is 9.65. The Hall–Kier alpha value is -2.09. The van der Waals surface area contributed by atoms with Crippen molar-refractivity contribution >= 4 is 44.7 Å². The topological polar surface area (TPSA) is 114 Å². The first kappa shape index (κ1) is 25.5. The van der Waals surface area contributed by atoms with E-state index < -0.39 is 34.1 Å². The molecule has 33 heavy (non-hydrogen) atoms. The average Bonchev–Trinajstić information content (AvgIpc) is 3.20. The molecule has 2 unspecified atom stereocenters. The fraction of sp³-hybridized carbons (Fsp3) is 0.400. The Balaban J connectivity index is 1.91. The number of piperidine rings is 1. The third-order valence-corrected chi connectivity index (χ3v) is 9.62. The van der Waals surface area contributed by atoms with Gasteiger partial charge < -0.3 is 10.5 Å². The van der Waals surface area contributed by atoms with Crippen LogP contribution in [0.1, 0.15) is 29.3 Å². The smallest absolute Gasteiger partial charge is 0.456 e. The van der Waals surface area contributed by atoms with Gasteiger partial charge in [-0.15, -0.1) is 23.1 Å². The minimum absolute atomic E-state index is 0.0195. The molecule has 1 saturated heterocycles. The molecule has 2 heterocycles. The number of nitrogens with zero attached hydrogens (tertiary/aromatic N) is 1. The second-order valence-corrected chi connectivity index (χ2v) is 11.5. The van der Waals surface area contributed by atoms with Crippen molar-refractivity contribution in [2.75, 3.05) is 19.8 Å². The standard InChI is InChI=1S/C20H22F3N3O4S3/c1-26-7-6-12(30-19(27)20(21,22)23)9-14(26)11-4-3-5-13(8-11)33(28,29)16-10-15(17(24)25)32-18(16)31-2/h3-5,8,10,12,14H,6-7,9H2,1-2H3,(H3,24,25). The van der Waals surface area contributed by atoms with Crippen LogP contribution in [0.2, 0.25) is 0 Å². The summed E-state index contributed by atoms with van der Waals surface area (Å²) >= 11 is 2.35. The molecule has 0 spiro atoms. The first-order valence-corrected chi connectivity index (χ1v) is 13.2. The zero-order chi connectivity index (χ0) is 24.6. The minimum atomic E-state index is -5.07. The summed E-state index contributed by atoms with van der Waals surface area (Å²) in [6.45, 7) is 0.376. The maximum absolute atomic E-state index is 13.4. The Morgan fingerprint density at radius 1 is 1.33 bits per heavy atom. The Bertz CT molecular complexity index is 1160. The summed E-state index contributed by atoms with van der Waals surface area (Å²) in [6.07, 6.45) is -3.93. The van der Waals surface area contributed by atoms with Gasteiger partial charge in [-0.2, -0.15) is 13.2 Å². The van der Waals surface area contributed by atoms with E-state index in [0.717, 1.165) is 11.3 Å². The molecular formula is C20H22F3N3O4S3. The Morgan fingerprint density at radius 3 is 2.64 bits per heavy atom. The van der Waals surface area contributed by atoms with Gasteiger partial charge in [-0.3, -0.25) is 10.3 Å². The lowest BCUT2D eigenvalue weighted by atomic mass is 9.94. The van der Waals surface area contributed by atoms with Gasteiger partial charge in [-0.1, -0.05) is 12.1 Å². The van der Waals surface area contributed by atoms with E-state index >= 15 is 0 Å². The molecule has 1 aromatic carbocycles. The molecule has 0 amide bonds. The van der Waals surface area contributed by atoms with E-state index in [1.165, 1.54) is 30.0 Å². The zero-order valence-corrected chi connectivity index (χ0v) is 20.1. The molecule has 1 aromatic heterocycles. The van der Waals surface area contributed by atoms with Gasteiger partial charge in [0.05, 0.1) is 18.9 Å². The molecule has 0 saturated carbocycles. The first-order valence-electron chi connectivity index (χ1n) is 9.70. The quantitative estimate of drug-likeness (QED) is 0.257. The third kappa shape index (κ3) is 5.53. The summed E-state index contributed by atoms with van der Waals surface area (Å²) in [5, 5.41) is 7.60. The van der Waals surface area contributed by atoms with Crippen molar-refractivity contribution in [1.29, 1.82) is 5.41 Å². The number of carbonyl (C=O) groups excluding carboxylic acids is 1. The number of thioether (sulfide) groups is 1. The zero-order valence-electron chi connectivity index (χ0n) is 17.7. The van der Waals surface area contributed by atoms with Crippen molar-refractivity contribution in [3.8, 4) is 0 Å². The number of nitrogens with one attached hydrogen (secondary N) is 1. The van der Waals surface area contributed by atoms with Crippen molar-refractivity contribution in [3.05, 3.63) is 40.8 Å². The number of amidine groups is 1. The normalized spacial score (nSPS) is 19.9. The fourth-order valence-electron chi connectivity index (χ4n) is 3.60. The largest absolute Gasteiger partial charge is 0.490 e. The molecule has 0 radical (unpaired) electrons. The molecule has 1 fully saturated rings. The van der Waals surface area contributed by atoms with E-state index in [4.69, 9.17) is 11.1 Å². The SMILES string of the molecule is CSc1sc(C(=N)N)cc1S(=O)(=O)c1cccc(C2CC(OC(=O)C(F)(F)F)CCN2C)c1. The predicted molar refractivity (Wildman–Crippen MR) is 120 cm³/mol. The highest BCUT2D eigenvalue weighted by Crippen LogP contribution is 2.38. The van der Waals surface area contributed by atoms with Gasteiger partial charge >= 0.3 is 12.1 Å². The molecular weight excluding hydrogens is 499 g/mol. The number of hydrogen-bond acceptors (Lipinski definition) is 8. The number of esters is 1. The highest BCUT2D eigenvalue weighted by atomic mass is 32.2. The second-order valence-electron chi connectivity index (χ2n) is 7.50. The molecule has 1 aliphatic heterocycles. The summed E-state index contributed by atoms with van der Waals surface area (Å²) in [5.74, 6) is -2.45. The summed E-state index contributed by atoms with van der Waals surface area (Å²) in [7, 11) is -2.16. The van der Waals surface area contributed by atoms with E-state index in [1.807, 2.05) is 4.90 Å². The summed E-state index contributed by atoms with van der Waals surface area (Å²) in [5.41, 5.74) is 6.10. The number of carbonyl (C=O) groups is 1. The third-order valence-electron chi connectivity index (χ3n) is 5.29. The van der Waals surface area contributed by atoms with Crippen molar-refractivity contribution in [2.45, 2.75) is 45.2 Å². The van der Waals surface area contributed by atoms with Gasteiger partial charge in [0, 0.05) is 19.0 Å². The van der Waals surface area contributed by atoms with Crippen LogP contribution in [-0.2, 0) is 19.4 Å². The molecule has 3 N–H and O–H groups in total.